The molecule has 0 spiro atoms. The van der Waals surface area contributed by atoms with Crippen LogP contribution in [0.15, 0.2) is 42.1 Å². The number of amides is 2. The number of hydrogen-bond acceptors (Lipinski definition) is 12. The minimum Gasteiger partial charge on any atom is -0.504 e. The first kappa shape index (κ1) is 28.6. The molecule has 2 aromatic rings. The van der Waals surface area contributed by atoms with Gasteiger partial charge in [-0.25, -0.2) is 23.4 Å². The number of aromatic nitrogens is 1. The molecular weight excluding hydrogens is 548 g/mol. The van der Waals surface area contributed by atoms with Crippen LogP contribution in [-0.4, -0.2) is 87.5 Å². The third kappa shape index (κ3) is 5.11. The maximum Gasteiger partial charge on any atom is 0.407 e. The van der Waals surface area contributed by atoms with Gasteiger partial charge in [0, 0.05) is 25.8 Å². The van der Waals surface area contributed by atoms with E-state index in [1.807, 2.05) is 0 Å². The molecule has 2 fully saturated rings. The number of nitrogens with two attached hydrogens (primary N) is 1. The van der Waals surface area contributed by atoms with Crippen molar-refractivity contribution in [3.05, 3.63) is 53.4 Å². The molecule has 0 aliphatic carbocycles. The van der Waals surface area contributed by atoms with Crippen LogP contribution >= 0.6 is 0 Å². The maximum absolute atomic E-state index is 13.6. The zero-order chi connectivity index (χ0) is 29.2. The third-order valence-corrected chi connectivity index (χ3v) is 9.30. The summed E-state index contributed by atoms with van der Waals surface area (Å²) in [6, 6.07) is 5.24. The average molecular weight is 577 g/mol. The van der Waals surface area contributed by atoms with Gasteiger partial charge in [-0.05, 0) is 42.8 Å². The summed E-state index contributed by atoms with van der Waals surface area (Å²) in [6.07, 6.45) is 1.67. The van der Waals surface area contributed by atoms with Crippen molar-refractivity contribution in [2.75, 3.05) is 25.1 Å². The number of nitrogens with zero attached hydrogens (tertiary/aromatic N) is 2. The summed E-state index contributed by atoms with van der Waals surface area (Å²) in [7, 11) is -4.40. The van der Waals surface area contributed by atoms with Crippen molar-refractivity contribution in [1.29, 1.82) is 0 Å². The summed E-state index contributed by atoms with van der Waals surface area (Å²) >= 11 is 0. The normalized spacial score (nSPS) is 23.8. The molecule has 2 saturated heterocycles. The van der Waals surface area contributed by atoms with E-state index in [0.29, 0.717) is 24.3 Å². The van der Waals surface area contributed by atoms with Crippen LogP contribution in [0, 0.1) is 0 Å². The van der Waals surface area contributed by atoms with Crippen LogP contribution in [0.5, 0.6) is 11.5 Å². The molecule has 214 valence electrons. The Morgan fingerprint density at radius 3 is 2.65 bits per heavy atom. The fourth-order valence-electron chi connectivity index (χ4n) is 4.51. The van der Waals surface area contributed by atoms with Crippen molar-refractivity contribution in [2.24, 2.45) is 5.73 Å². The first-order valence-corrected chi connectivity index (χ1v) is 13.5. The van der Waals surface area contributed by atoms with E-state index >= 15 is 0 Å². The van der Waals surface area contributed by atoms with Crippen molar-refractivity contribution >= 4 is 39.6 Å². The monoisotopic (exact) mass is 576 g/mol. The highest BCUT2D eigenvalue weighted by molar-refractivity contribution is 7.94. The van der Waals surface area contributed by atoms with E-state index in [-0.39, 0.29) is 23.6 Å². The molecule has 2 aliphatic rings. The molecule has 40 heavy (non-hydrogen) atoms. The molecule has 3 atom stereocenters. The molecule has 0 saturated carbocycles. The number of hydrazine groups is 1. The second-order valence-electron chi connectivity index (χ2n) is 9.33. The number of fused-ring (bicyclic) bond motifs is 1. The molecule has 1 aromatic carbocycles. The molecule has 4 rings (SSSR count). The number of nitrogens with one attached hydrogen (secondary N) is 3. The van der Waals surface area contributed by atoms with Gasteiger partial charge >= 0.3 is 12.1 Å². The quantitative estimate of drug-likeness (QED) is 0.0621. The number of sulfone groups is 1. The van der Waals surface area contributed by atoms with Gasteiger partial charge in [-0.2, -0.15) is 0 Å². The molecule has 1 aromatic heterocycles. The number of alkyl carbamates (subject to hydrolysis) is 1. The second-order valence-corrected chi connectivity index (χ2v) is 11.8. The Hall–Kier alpha value is -4.41. The molecule has 15 nitrogen and oxygen atoms in total. The average Bonchev–Trinajstić information content (AvgIpc) is 3.07. The number of phenols is 2. The number of ether oxygens (including phenoxy) is 1. The van der Waals surface area contributed by atoms with Crippen LogP contribution in [0.3, 0.4) is 0 Å². The lowest BCUT2D eigenvalue weighted by Crippen LogP contribution is -2.59. The minimum atomic E-state index is -4.40. The molecule has 0 bridgehead atoms. The number of carbonyl (C=O) groups is 3. The van der Waals surface area contributed by atoms with Gasteiger partial charge in [0.1, 0.15) is 11.4 Å². The summed E-state index contributed by atoms with van der Waals surface area (Å²) in [6.45, 7) is 0.985. The summed E-state index contributed by atoms with van der Waals surface area (Å²) in [5.74, 6) is -3.11. The lowest BCUT2D eigenvalue weighted by Gasteiger charge is -2.37. The highest BCUT2D eigenvalue weighted by Crippen LogP contribution is 2.49. The number of β-lactam (4-membered cyclic amide) rings is 1. The molecule has 16 heteroatoms. The van der Waals surface area contributed by atoms with E-state index in [1.54, 1.807) is 12.1 Å². The van der Waals surface area contributed by atoms with E-state index in [0.717, 1.165) is 11.8 Å². The van der Waals surface area contributed by atoms with Crippen molar-refractivity contribution in [1.82, 2.24) is 20.6 Å². The Labute approximate surface area is 228 Å². The van der Waals surface area contributed by atoms with Crippen LogP contribution in [0.4, 0.5) is 10.5 Å². The molecule has 3 heterocycles. The van der Waals surface area contributed by atoms with Gasteiger partial charge < -0.3 is 41.4 Å². The van der Waals surface area contributed by atoms with Gasteiger partial charge in [0.2, 0.25) is 0 Å². The van der Waals surface area contributed by atoms with E-state index in [9.17, 15) is 38.1 Å². The van der Waals surface area contributed by atoms with E-state index in [1.165, 1.54) is 30.5 Å². The number of hydrogen-bond donors (Lipinski definition) is 7. The highest BCUT2D eigenvalue weighted by atomic mass is 32.2. The molecule has 2 amide bonds. The van der Waals surface area contributed by atoms with Crippen molar-refractivity contribution in [3.8, 4) is 11.5 Å². The van der Waals surface area contributed by atoms with Gasteiger partial charge in [0.15, 0.2) is 32.8 Å². The largest absolute Gasteiger partial charge is 0.504 e. The van der Waals surface area contributed by atoms with Crippen LogP contribution in [-0.2, 0) is 30.7 Å². The van der Waals surface area contributed by atoms with Crippen LogP contribution in [0.2, 0.25) is 0 Å². The lowest BCUT2D eigenvalue weighted by atomic mass is 9.94. The predicted molar refractivity (Wildman–Crippen MR) is 140 cm³/mol. The molecule has 0 radical (unpaired) electrons. The van der Waals surface area contributed by atoms with Crippen LogP contribution < -0.4 is 21.9 Å². The van der Waals surface area contributed by atoms with Crippen molar-refractivity contribution in [2.45, 2.75) is 29.6 Å². The number of carbonyl (C=O) groups excluding carboxylic acids is 2. The number of anilines is 1. The molecule has 2 aliphatic heterocycles. The first-order chi connectivity index (χ1) is 18.9. The molecule has 8 N–H and O–H groups in total. The predicted octanol–water partition coefficient (Wildman–Crippen LogP) is -0.514. The molecule has 0 unspecified atom stereocenters. The second kappa shape index (κ2) is 11.0. The molecular formula is C24H28N6O9S. The van der Waals surface area contributed by atoms with Gasteiger partial charge in [0.25, 0.3) is 5.91 Å². The van der Waals surface area contributed by atoms with E-state index in [4.69, 9.17) is 10.5 Å². The number of carboxylic acids is 1. The number of carboxylic acid groups (broad SMARTS) is 1. The smallest absolute Gasteiger partial charge is 0.407 e. The number of aliphatic carboxylic acids is 1. The van der Waals surface area contributed by atoms with Gasteiger partial charge in [0.05, 0.1) is 17.0 Å². The first-order valence-electron chi connectivity index (χ1n) is 12.0. The van der Waals surface area contributed by atoms with E-state index < -0.39 is 56.3 Å². The number of pyridine rings is 1. The Balaban J connectivity index is 1.51. The lowest BCUT2D eigenvalue weighted by molar-refractivity contribution is -0.153. The number of phenolic OH excluding ortho intramolecular Hbond substituents is 2. The zero-order valence-electron chi connectivity index (χ0n) is 21.2. The zero-order valence-corrected chi connectivity index (χ0v) is 22.0. The summed E-state index contributed by atoms with van der Waals surface area (Å²) in [5, 5.41) is 29.6. The summed E-state index contributed by atoms with van der Waals surface area (Å²) < 4.78 is 30.2. The van der Waals surface area contributed by atoms with Gasteiger partial charge in [-0.1, -0.05) is 6.07 Å². The van der Waals surface area contributed by atoms with Crippen molar-refractivity contribution < 1.29 is 42.9 Å². The SMILES string of the molecule is C[C@]1(COC(=O)NCc2ccc(O)c(O)c2)[C@H](C(=O)O)N2C(=O)C(=Cc3cc(NNCCN)ccn3)[C@H]2S1(=O)=O. The number of aromatic hydroxyl groups is 2. The Morgan fingerprint density at radius 2 is 1.98 bits per heavy atom. The van der Waals surface area contributed by atoms with E-state index in [2.05, 4.69) is 21.2 Å². The Bertz CT molecular complexity index is 1480. The summed E-state index contributed by atoms with van der Waals surface area (Å²) in [4.78, 5) is 42.4. The fraction of sp³-hybridized carbons (Fsp3) is 0.333. The highest BCUT2D eigenvalue weighted by Gasteiger charge is 2.72. The number of rotatable bonds is 10. The Morgan fingerprint density at radius 1 is 1.23 bits per heavy atom. The minimum absolute atomic E-state index is 0.138. The van der Waals surface area contributed by atoms with Crippen LogP contribution in [0.1, 0.15) is 18.2 Å². The topological polar surface area (TPSA) is 234 Å². The fourth-order valence-corrected chi connectivity index (χ4v) is 6.79. The van der Waals surface area contributed by atoms with Gasteiger partial charge in [-0.3, -0.25) is 9.78 Å². The maximum atomic E-state index is 13.6. The number of benzene rings is 1. The standard InChI is InChI=1S/C24H28N6O9S/c1-24(12-39-23(36)27-11-13-2-3-17(31)18(32)8-13)19(22(34)35)30-20(33)16(21(30)40(24,37)38)10-15-9-14(4-6-26-15)29-28-7-5-25/h2-4,6,8-10,19,21,28,31-32H,5,7,11-12,25H2,1H3,(H,26,29)(H,27,36)(H,34,35)/t19-,21+,24-/m0/s1. The van der Waals surface area contributed by atoms with Crippen LogP contribution in [0.25, 0.3) is 6.08 Å². The van der Waals surface area contributed by atoms with Gasteiger partial charge in [-0.15, -0.1) is 0 Å². The Kier molecular flexibility index (Phi) is 7.86. The summed E-state index contributed by atoms with van der Waals surface area (Å²) in [5.41, 5.74) is 12.3. The van der Waals surface area contributed by atoms with Crippen molar-refractivity contribution in [3.63, 3.8) is 0 Å². The third-order valence-electron chi connectivity index (χ3n) is 6.59.